The van der Waals surface area contributed by atoms with Gasteiger partial charge in [0.15, 0.2) is 11.2 Å². The Bertz CT molecular complexity index is 1250. The van der Waals surface area contributed by atoms with Gasteiger partial charge in [0.2, 0.25) is 0 Å². The molecule has 3 aromatic rings. The molecule has 34 heavy (non-hydrogen) atoms. The maximum Gasteiger partial charge on any atom is 0.178 e. The maximum absolute atomic E-state index is 12.5. The predicted octanol–water partition coefficient (Wildman–Crippen LogP) is 3.49. The fraction of sp³-hybridized carbons (Fsp3) is 0.296. The summed E-state index contributed by atoms with van der Waals surface area (Å²) < 4.78 is 23.0. The topological polar surface area (TPSA) is 101 Å². The molecule has 2 aliphatic rings. The average molecular weight is 459 g/mol. The molecule has 0 unspecified atom stereocenters. The van der Waals surface area contributed by atoms with E-state index in [4.69, 9.17) is 18.9 Å². The monoisotopic (exact) mass is 459 g/mol. The van der Waals surface area contributed by atoms with Crippen LogP contribution in [-0.4, -0.2) is 37.6 Å². The van der Waals surface area contributed by atoms with E-state index >= 15 is 0 Å². The summed E-state index contributed by atoms with van der Waals surface area (Å²) in [6.07, 6.45) is -1.46. The molecule has 1 heterocycles. The summed E-state index contributed by atoms with van der Waals surface area (Å²) in [6.45, 7) is 0. The van der Waals surface area contributed by atoms with E-state index in [0.717, 1.165) is 5.56 Å². The van der Waals surface area contributed by atoms with Crippen molar-refractivity contribution in [3.8, 4) is 29.1 Å². The molecule has 5 rings (SSSR count). The average Bonchev–Trinajstić information content (AvgIpc) is 3.26. The van der Waals surface area contributed by atoms with Gasteiger partial charge in [-0.15, -0.1) is 0 Å². The molecule has 1 aliphatic heterocycles. The van der Waals surface area contributed by atoms with Crippen LogP contribution in [0.3, 0.4) is 0 Å². The Morgan fingerprint density at radius 3 is 2.18 bits per heavy atom. The van der Waals surface area contributed by atoms with E-state index in [2.05, 4.69) is 6.07 Å². The lowest BCUT2D eigenvalue weighted by Crippen LogP contribution is -2.52. The lowest BCUT2D eigenvalue weighted by atomic mass is 9.70. The Balaban J connectivity index is 1.87. The maximum atomic E-state index is 12.5. The third-order valence-electron chi connectivity index (χ3n) is 7.11. The summed E-state index contributed by atoms with van der Waals surface area (Å²) in [5, 5.41) is 34.3. The van der Waals surface area contributed by atoms with Crippen molar-refractivity contribution in [2.24, 2.45) is 5.92 Å². The first-order valence-corrected chi connectivity index (χ1v) is 10.9. The van der Waals surface area contributed by atoms with Crippen molar-refractivity contribution in [1.29, 1.82) is 5.26 Å². The molecule has 0 aromatic heterocycles. The summed E-state index contributed by atoms with van der Waals surface area (Å²) in [7, 11) is 4.57. The van der Waals surface area contributed by atoms with Crippen LogP contribution in [0.15, 0.2) is 66.7 Å². The number of hydrogen-bond acceptors (Lipinski definition) is 7. The van der Waals surface area contributed by atoms with E-state index in [0.29, 0.717) is 28.6 Å². The molecular formula is C27H25NO6. The Labute approximate surface area is 197 Å². The number of rotatable bonds is 5. The standard InChI is InChI=1S/C27H25NO6/c1-31-18-11-9-17(10-12-18)27-23(16-7-5-4-6-8-16)20(15-28)25(29)26(27,30)24-21(33-3)13-19(32-2)14-22(24)34-27/h4-14,20,23,25,29-30H,1-3H3/t20-,23-,25-,26+,27+/m1/s1. The van der Waals surface area contributed by atoms with E-state index in [9.17, 15) is 15.5 Å². The second kappa shape index (κ2) is 7.94. The van der Waals surface area contributed by atoms with Gasteiger partial charge in [-0.25, -0.2) is 0 Å². The Hall–Kier alpha value is -3.73. The quantitative estimate of drug-likeness (QED) is 0.602. The van der Waals surface area contributed by atoms with Crippen molar-refractivity contribution in [2.75, 3.05) is 21.3 Å². The minimum Gasteiger partial charge on any atom is -0.497 e. The van der Waals surface area contributed by atoms with E-state index in [1.165, 1.54) is 14.2 Å². The van der Waals surface area contributed by atoms with Crippen LogP contribution in [0.4, 0.5) is 0 Å². The smallest absolute Gasteiger partial charge is 0.178 e. The predicted molar refractivity (Wildman–Crippen MR) is 123 cm³/mol. The van der Waals surface area contributed by atoms with Crippen molar-refractivity contribution in [3.63, 3.8) is 0 Å². The highest BCUT2D eigenvalue weighted by atomic mass is 16.5. The highest BCUT2D eigenvalue weighted by Gasteiger charge is 2.77. The van der Waals surface area contributed by atoms with Crippen LogP contribution in [0.1, 0.15) is 22.6 Å². The molecule has 1 aliphatic carbocycles. The summed E-state index contributed by atoms with van der Waals surface area (Å²) in [6, 6.07) is 22.0. The van der Waals surface area contributed by atoms with Gasteiger partial charge in [-0.05, 0) is 23.3 Å². The van der Waals surface area contributed by atoms with Crippen LogP contribution in [0.25, 0.3) is 0 Å². The summed E-state index contributed by atoms with van der Waals surface area (Å²) in [4.78, 5) is 0. The zero-order valence-electron chi connectivity index (χ0n) is 19.1. The Kier molecular flexibility index (Phi) is 5.16. The molecule has 1 fully saturated rings. The second-order valence-corrected chi connectivity index (χ2v) is 8.52. The molecule has 5 atom stereocenters. The van der Waals surface area contributed by atoms with Gasteiger partial charge < -0.3 is 29.2 Å². The van der Waals surface area contributed by atoms with Gasteiger partial charge in [-0.1, -0.05) is 42.5 Å². The largest absolute Gasteiger partial charge is 0.497 e. The molecule has 0 bridgehead atoms. The third-order valence-corrected chi connectivity index (χ3v) is 7.11. The number of nitriles is 1. The third kappa shape index (κ3) is 2.70. The van der Waals surface area contributed by atoms with Crippen LogP contribution < -0.4 is 18.9 Å². The number of hydrogen-bond donors (Lipinski definition) is 2. The molecule has 2 N–H and O–H groups in total. The summed E-state index contributed by atoms with van der Waals surface area (Å²) in [5.74, 6) is 0.0731. The van der Waals surface area contributed by atoms with Gasteiger partial charge in [-0.2, -0.15) is 5.26 Å². The van der Waals surface area contributed by atoms with Crippen LogP contribution in [0.2, 0.25) is 0 Å². The molecule has 0 amide bonds. The van der Waals surface area contributed by atoms with E-state index in [-0.39, 0.29) is 5.56 Å². The van der Waals surface area contributed by atoms with Crippen molar-refractivity contribution >= 4 is 0 Å². The van der Waals surface area contributed by atoms with Gasteiger partial charge >= 0.3 is 0 Å². The van der Waals surface area contributed by atoms with Crippen molar-refractivity contribution < 1.29 is 29.2 Å². The fourth-order valence-electron chi connectivity index (χ4n) is 5.65. The molecular weight excluding hydrogens is 434 g/mol. The van der Waals surface area contributed by atoms with Crippen molar-refractivity contribution in [2.45, 2.75) is 23.2 Å². The zero-order valence-corrected chi connectivity index (χ0v) is 19.1. The van der Waals surface area contributed by atoms with Crippen molar-refractivity contribution in [1.82, 2.24) is 0 Å². The number of fused-ring (bicyclic) bond motifs is 3. The fourth-order valence-corrected chi connectivity index (χ4v) is 5.65. The zero-order chi connectivity index (χ0) is 24.1. The minimum absolute atomic E-state index is 0.290. The first-order chi connectivity index (χ1) is 16.5. The van der Waals surface area contributed by atoms with Gasteiger partial charge in [0.25, 0.3) is 0 Å². The SMILES string of the molecule is COc1ccc([C@@]23Oc4cc(OC)cc(OC)c4[C@]2(O)[C@H](O)[C@H](C#N)[C@H]3c2ccccc2)cc1. The van der Waals surface area contributed by atoms with Crippen LogP contribution in [-0.2, 0) is 11.2 Å². The Morgan fingerprint density at radius 2 is 1.59 bits per heavy atom. The van der Waals surface area contributed by atoms with Gasteiger partial charge in [0, 0.05) is 18.1 Å². The first kappa shape index (κ1) is 22.1. The number of methoxy groups -OCH3 is 3. The molecule has 3 aromatic carbocycles. The minimum atomic E-state index is -1.99. The lowest BCUT2D eigenvalue weighted by molar-refractivity contribution is -0.151. The number of aliphatic hydroxyl groups excluding tert-OH is 1. The highest BCUT2D eigenvalue weighted by Crippen LogP contribution is 2.70. The van der Waals surface area contributed by atoms with E-state index < -0.39 is 29.1 Å². The first-order valence-electron chi connectivity index (χ1n) is 10.9. The van der Waals surface area contributed by atoms with Crippen LogP contribution >= 0.6 is 0 Å². The molecule has 7 heteroatoms. The lowest BCUT2D eigenvalue weighted by Gasteiger charge is -2.40. The molecule has 0 spiro atoms. The molecule has 0 saturated heterocycles. The number of benzene rings is 3. The molecule has 1 saturated carbocycles. The van der Waals surface area contributed by atoms with Gasteiger partial charge in [0.1, 0.15) is 29.1 Å². The van der Waals surface area contributed by atoms with Gasteiger partial charge in [0.05, 0.1) is 38.9 Å². The number of aliphatic hydroxyl groups is 2. The molecule has 0 radical (unpaired) electrons. The summed E-state index contributed by atoms with van der Waals surface area (Å²) >= 11 is 0. The summed E-state index contributed by atoms with van der Waals surface area (Å²) in [5.41, 5.74) is -1.87. The van der Waals surface area contributed by atoms with Crippen LogP contribution in [0, 0.1) is 17.2 Å². The second-order valence-electron chi connectivity index (χ2n) is 8.52. The Morgan fingerprint density at radius 1 is 0.912 bits per heavy atom. The highest BCUT2D eigenvalue weighted by molar-refractivity contribution is 5.63. The van der Waals surface area contributed by atoms with E-state index in [1.54, 1.807) is 43.5 Å². The van der Waals surface area contributed by atoms with E-state index in [1.807, 2.05) is 30.3 Å². The van der Waals surface area contributed by atoms with Crippen LogP contribution in [0.5, 0.6) is 23.0 Å². The molecule has 174 valence electrons. The normalized spacial score (nSPS) is 28.9. The molecule has 7 nitrogen and oxygen atoms in total. The van der Waals surface area contributed by atoms with Crippen molar-refractivity contribution in [3.05, 3.63) is 83.4 Å². The van der Waals surface area contributed by atoms with Gasteiger partial charge in [-0.3, -0.25) is 0 Å². The number of ether oxygens (including phenoxy) is 4. The number of nitrogens with zero attached hydrogens (tertiary/aromatic N) is 1.